The molecule has 0 unspecified atom stereocenters. The van der Waals surface area contributed by atoms with E-state index in [1.807, 2.05) is 0 Å². The summed E-state index contributed by atoms with van der Waals surface area (Å²) in [5.41, 5.74) is 0.349. The van der Waals surface area contributed by atoms with Crippen molar-refractivity contribution in [3.63, 3.8) is 0 Å². The number of carbonyl (C=O) groups excluding carboxylic acids is 1. The third kappa shape index (κ3) is 2.52. The zero-order chi connectivity index (χ0) is 12.3. The fourth-order valence-electron chi connectivity index (χ4n) is 1.78. The zero-order valence-corrected chi connectivity index (χ0v) is 10.1. The first kappa shape index (κ1) is 11.8. The van der Waals surface area contributed by atoms with Crippen LogP contribution in [0.25, 0.3) is 0 Å². The van der Waals surface area contributed by atoms with Crippen LogP contribution in [0.4, 0.5) is 0 Å². The molecule has 1 aliphatic rings. The van der Waals surface area contributed by atoms with Gasteiger partial charge in [-0.3, -0.25) is 4.79 Å². The molecule has 2 rings (SSSR count). The second-order valence-corrected chi connectivity index (χ2v) is 3.88. The Hall–Kier alpha value is -1.69. The molecule has 1 aromatic rings. The van der Waals surface area contributed by atoms with Gasteiger partial charge in [0.1, 0.15) is 5.82 Å². The lowest BCUT2D eigenvalue weighted by molar-refractivity contribution is 0.0725. The highest BCUT2D eigenvalue weighted by Crippen LogP contribution is 2.16. The molecular weight excluding hydrogens is 220 g/mol. The standard InChI is InChI=1S/C11H16N4O2/c1-8-13-7-9(17-2)10(14-8)11(16)15-5-3-12-4-6-15/h7,12H,3-6H2,1-2H3. The van der Waals surface area contributed by atoms with Gasteiger partial charge in [0.25, 0.3) is 5.91 Å². The van der Waals surface area contributed by atoms with E-state index >= 15 is 0 Å². The SMILES string of the molecule is COc1cnc(C)nc1C(=O)N1CCNCC1. The molecule has 0 spiro atoms. The van der Waals surface area contributed by atoms with Crippen molar-refractivity contribution < 1.29 is 9.53 Å². The van der Waals surface area contributed by atoms with Gasteiger partial charge in [-0.05, 0) is 6.92 Å². The van der Waals surface area contributed by atoms with Gasteiger partial charge < -0.3 is 15.0 Å². The largest absolute Gasteiger partial charge is 0.493 e. The highest BCUT2D eigenvalue weighted by molar-refractivity contribution is 5.94. The molecule has 1 saturated heterocycles. The summed E-state index contributed by atoms with van der Waals surface area (Å²) in [5, 5.41) is 3.20. The lowest BCUT2D eigenvalue weighted by atomic mass is 10.2. The molecule has 1 amide bonds. The number of methoxy groups -OCH3 is 1. The summed E-state index contributed by atoms with van der Waals surface area (Å²) in [4.78, 5) is 22.2. The Morgan fingerprint density at radius 2 is 2.18 bits per heavy atom. The summed E-state index contributed by atoms with van der Waals surface area (Å²) >= 11 is 0. The number of ether oxygens (including phenoxy) is 1. The number of aromatic nitrogens is 2. The molecule has 0 bridgehead atoms. The van der Waals surface area contributed by atoms with Crippen LogP contribution in [-0.4, -0.2) is 54.1 Å². The highest BCUT2D eigenvalue weighted by atomic mass is 16.5. The third-order valence-electron chi connectivity index (χ3n) is 2.70. The number of piperazine rings is 1. The van der Waals surface area contributed by atoms with Gasteiger partial charge in [-0.1, -0.05) is 0 Å². The molecule has 17 heavy (non-hydrogen) atoms. The van der Waals surface area contributed by atoms with Crippen LogP contribution in [0.3, 0.4) is 0 Å². The van der Waals surface area contributed by atoms with Crippen LogP contribution < -0.4 is 10.1 Å². The van der Waals surface area contributed by atoms with Crippen molar-refractivity contribution in [3.05, 3.63) is 17.7 Å². The van der Waals surface area contributed by atoms with Crippen molar-refractivity contribution in [2.75, 3.05) is 33.3 Å². The molecule has 0 aromatic carbocycles. The van der Waals surface area contributed by atoms with Gasteiger partial charge in [0, 0.05) is 26.2 Å². The first-order chi connectivity index (χ1) is 8.22. The number of rotatable bonds is 2. The number of hydrogen-bond donors (Lipinski definition) is 1. The monoisotopic (exact) mass is 236 g/mol. The Morgan fingerprint density at radius 1 is 1.47 bits per heavy atom. The molecule has 2 heterocycles. The maximum atomic E-state index is 12.3. The van der Waals surface area contributed by atoms with Gasteiger partial charge in [-0.25, -0.2) is 9.97 Å². The van der Waals surface area contributed by atoms with Crippen LogP contribution in [0.15, 0.2) is 6.20 Å². The van der Waals surface area contributed by atoms with Crippen molar-refractivity contribution in [1.29, 1.82) is 0 Å². The second-order valence-electron chi connectivity index (χ2n) is 3.88. The summed E-state index contributed by atoms with van der Waals surface area (Å²) in [7, 11) is 1.52. The number of amides is 1. The average Bonchev–Trinajstić information content (AvgIpc) is 2.39. The smallest absolute Gasteiger partial charge is 0.276 e. The van der Waals surface area contributed by atoms with Gasteiger partial charge in [-0.15, -0.1) is 0 Å². The van der Waals surface area contributed by atoms with Crippen molar-refractivity contribution >= 4 is 5.91 Å². The van der Waals surface area contributed by atoms with Crippen molar-refractivity contribution in [3.8, 4) is 5.75 Å². The molecular formula is C11H16N4O2. The fourth-order valence-corrected chi connectivity index (χ4v) is 1.78. The number of nitrogens with one attached hydrogen (secondary N) is 1. The lowest BCUT2D eigenvalue weighted by Gasteiger charge is -2.27. The number of hydrogen-bond acceptors (Lipinski definition) is 5. The first-order valence-corrected chi connectivity index (χ1v) is 5.60. The third-order valence-corrected chi connectivity index (χ3v) is 2.70. The Labute approximate surface area is 100 Å². The van der Waals surface area contributed by atoms with Crippen LogP contribution in [0.2, 0.25) is 0 Å². The van der Waals surface area contributed by atoms with Gasteiger partial charge in [0.2, 0.25) is 0 Å². The molecule has 1 aliphatic heterocycles. The van der Waals surface area contributed by atoms with E-state index in [0.717, 1.165) is 13.1 Å². The minimum Gasteiger partial charge on any atom is -0.493 e. The Kier molecular flexibility index (Phi) is 3.53. The normalized spacial score (nSPS) is 15.8. The van der Waals surface area contributed by atoms with E-state index in [-0.39, 0.29) is 5.91 Å². The molecule has 1 fully saturated rings. The van der Waals surface area contributed by atoms with Gasteiger partial charge in [0.05, 0.1) is 13.3 Å². The summed E-state index contributed by atoms with van der Waals surface area (Å²) in [5.74, 6) is 0.914. The average molecular weight is 236 g/mol. The summed E-state index contributed by atoms with van der Waals surface area (Å²) < 4.78 is 5.12. The number of carbonyl (C=O) groups is 1. The lowest BCUT2D eigenvalue weighted by Crippen LogP contribution is -2.46. The predicted octanol–water partition coefficient (Wildman–Crippen LogP) is -0.161. The highest BCUT2D eigenvalue weighted by Gasteiger charge is 2.22. The predicted molar refractivity (Wildman–Crippen MR) is 62.1 cm³/mol. The molecule has 1 aromatic heterocycles. The number of nitrogens with zero attached hydrogens (tertiary/aromatic N) is 3. The van der Waals surface area contributed by atoms with Crippen LogP contribution in [0.5, 0.6) is 5.75 Å². The molecule has 1 N–H and O–H groups in total. The molecule has 0 saturated carbocycles. The van der Waals surface area contributed by atoms with E-state index in [9.17, 15) is 4.79 Å². The van der Waals surface area contributed by atoms with Crippen LogP contribution in [-0.2, 0) is 0 Å². The van der Waals surface area contributed by atoms with Gasteiger partial charge >= 0.3 is 0 Å². The van der Waals surface area contributed by atoms with E-state index < -0.39 is 0 Å². The van der Waals surface area contributed by atoms with E-state index in [1.54, 1.807) is 11.8 Å². The maximum absolute atomic E-state index is 12.3. The second kappa shape index (κ2) is 5.09. The molecule has 92 valence electrons. The molecule has 6 nitrogen and oxygen atoms in total. The Morgan fingerprint density at radius 3 is 2.82 bits per heavy atom. The van der Waals surface area contributed by atoms with Crippen LogP contribution >= 0.6 is 0 Å². The zero-order valence-electron chi connectivity index (χ0n) is 10.1. The molecule has 0 atom stereocenters. The van der Waals surface area contributed by atoms with Crippen LogP contribution in [0.1, 0.15) is 16.3 Å². The van der Waals surface area contributed by atoms with Crippen LogP contribution in [0, 0.1) is 6.92 Å². The quantitative estimate of drug-likeness (QED) is 0.772. The molecule has 6 heteroatoms. The minimum absolute atomic E-state index is 0.0890. The van der Waals surface area contributed by atoms with Crippen molar-refractivity contribution in [1.82, 2.24) is 20.2 Å². The summed E-state index contributed by atoms with van der Waals surface area (Å²) in [6.07, 6.45) is 1.54. The fraction of sp³-hybridized carbons (Fsp3) is 0.545. The van der Waals surface area contributed by atoms with E-state index in [2.05, 4.69) is 15.3 Å². The van der Waals surface area contributed by atoms with Crippen molar-refractivity contribution in [2.24, 2.45) is 0 Å². The summed E-state index contributed by atoms with van der Waals surface area (Å²) in [6, 6.07) is 0. The van der Waals surface area contributed by atoms with E-state index in [4.69, 9.17) is 4.74 Å². The van der Waals surface area contributed by atoms with Crippen molar-refractivity contribution in [2.45, 2.75) is 6.92 Å². The minimum atomic E-state index is -0.0890. The van der Waals surface area contributed by atoms with E-state index in [0.29, 0.717) is 30.4 Å². The first-order valence-electron chi connectivity index (χ1n) is 5.60. The summed E-state index contributed by atoms with van der Waals surface area (Å²) in [6.45, 7) is 4.79. The Bertz CT molecular complexity index is 416. The van der Waals surface area contributed by atoms with Gasteiger partial charge in [0.15, 0.2) is 11.4 Å². The molecule has 0 radical (unpaired) electrons. The van der Waals surface area contributed by atoms with Gasteiger partial charge in [-0.2, -0.15) is 0 Å². The molecule has 0 aliphatic carbocycles. The number of aryl methyl sites for hydroxylation is 1. The van der Waals surface area contributed by atoms with E-state index in [1.165, 1.54) is 13.3 Å². The Balaban J connectivity index is 2.25. The topological polar surface area (TPSA) is 67.4 Å². The maximum Gasteiger partial charge on any atom is 0.276 e.